The molecule has 1 amide bonds. The topological polar surface area (TPSA) is 78.5 Å². The minimum absolute atomic E-state index is 0.120. The van der Waals surface area contributed by atoms with Crippen molar-refractivity contribution in [1.82, 2.24) is 14.9 Å². The molecule has 0 spiro atoms. The van der Waals surface area contributed by atoms with Gasteiger partial charge in [0, 0.05) is 42.9 Å². The predicted molar refractivity (Wildman–Crippen MR) is 103 cm³/mol. The lowest BCUT2D eigenvalue weighted by molar-refractivity contribution is -0.134. The van der Waals surface area contributed by atoms with Crippen LogP contribution in [0.3, 0.4) is 0 Å². The maximum absolute atomic E-state index is 12.9. The van der Waals surface area contributed by atoms with E-state index in [2.05, 4.69) is 21.8 Å². The largest absolute Gasteiger partial charge is 0.378 e. The number of hydrogen-bond donors (Lipinski definition) is 1. The molecule has 2 aliphatic carbocycles. The smallest absolute Gasteiger partial charge is 0.255 e. The monoisotopic (exact) mass is 374 g/mol. The van der Waals surface area contributed by atoms with E-state index >= 15 is 0 Å². The van der Waals surface area contributed by atoms with E-state index in [1.165, 1.54) is 12.8 Å². The van der Waals surface area contributed by atoms with E-state index in [4.69, 9.17) is 4.74 Å². The number of aromatic amines is 1. The van der Waals surface area contributed by atoms with Gasteiger partial charge in [-0.1, -0.05) is 0 Å². The van der Waals surface area contributed by atoms with Crippen molar-refractivity contribution < 1.29 is 9.53 Å². The van der Waals surface area contributed by atoms with Crippen molar-refractivity contribution in [2.45, 2.75) is 64.5 Å². The summed E-state index contributed by atoms with van der Waals surface area (Å²) in [6.07, 6.45) is 5.57. The molecule has 2 saturated carbocycles. The number of carbonyl (C=O) groups excluding carboxylic acids is 1. The van der Waals surface area contributed by atoms with Crippen LogP contribution < -0.4 is 10.5 Å². The summed E-state index contributed by atoms with van der Waals surface area (Å²) in [5, 5.41) is 0. The first kappa shape index (κ1) is 18.5. The number of morpholine rings is 1. The highest BCUT2D eigenvalue weighted by molar-refractivity contribution is 5.77. The molecule has 3 aliphatic rings. The van der Waals surface area contributed by atoms with Crippen LogP contribution in [0.5, 0.6) is 0 Å². The Morgan fingerprint density at radius 3 is 2.59 bits per heavy atom. The molecule has 7 nitrogen and oxygen atoms in total. The van der Waals surface area contributed by atoms with Crippen LogP contribution in [0, 0.1) is 12.8 Å². The van der Waals surface area contributed by atoms with Crippen molar-refractivity contribution >= 4 is 11.9 Å². The zero-order valence-corrected chi connectivity index (χ0v) is 16.4. The standard InChI is InChI=1S/C20H30N4O3/c1-13-17(19(26)22-20(21-13)23-9-11-27-12-10-23)7-8-18(25)24(16-5-6-16)14(2)15-3-4-15/h14-16H,3-12H2,1-2H3,(H,21,22,26). The summed E-state index contributed by atoms with van der Waals surface area (Å²) in [7, 11) is 0. The summed E-state index contributed by atoms with van der Waals surface area (Å²) >= 11 is 0. The summed E-state index contributed by atoms with van der Waals surface area (Å²) in [5.41, 5.74) is 1.24. The first-order chi connectivity index (χ1) is 13.0. The lowest BCUT2D eigenvalue weighted by atomic mass is 10.1. The molecule has 2 heterocycles. The molecule has 1 N–H and O–H groups in total. The van der Waals surface area contributed by atoms with Crippen LogP contribution in [-0.2, 0) is 16.0 Å². The highest BCUT2D eigenvalue weighted by atomic mass is 16.5. The average molecular weight is 374 g/mol. The quantitative estimate of drug-likeness (QED) is 0.785. The average Bonchev–Trinajstić information content (AvgIpc) is 3.55. The van der Waals surface area contributed by atoms with Gasteiger partial charge < -0.3 is 14.5 Å². The highest BCUT2D eigenvalue weighted by Crippen LogP contribution is 2.40. The first-order valence-electron chi connectivity index (χ1n) is 10.3. The molecule has 1 unspecified atom stereocenters. The number of hydrogen-bond acceptors (Lipinski definition) is 5. The third kappa shape index (κ3) is 4.18. The Balaban J connectivity index is 1.42. The summed E-state index contributed by atoms with van der Waals surface area (Å²) in [6.45, 7) is 6.81. The molecule has 27 heavy (non-hydrogen) atoms. The molecule has 0 aromatic carbocycles. The third-order valence-electron chi connectivity index (χ3n) is 6.08. The Morgan fingerprint density at radius 2 is 2.00 bits per heavy atom. The lowest BCUT2D eigenvalue weighted by Crippen LogP contribution is -2.42. The fraction of sp³-hybridized carbons (Fsp3) is 0.750. The highest BCUT2D eigenvalue weighted by Gasteiger charge is 2.41. The molecular formula is C20H30N4O3. The van der Waals surface area contributed by atoms with Crippen molar-refractivity contribution in [3.05, 3.63) is 21.6 Å². The van der Waals surface area contributed by atoms with Gasteiger partial charge in [0.2, 0.25) is 11.9 Å². The fourth-order valence-corrected chi connectivity index (χ4v) is 4.10. The number of ether oxygens (including phenoxy) is 1. The molecule has 0 bridgehead atoms. The van der Waals surface area contributed by atoms with E-state index in [0.29, 0.717) is 55.6 Å². The Hall–Kier alpha value is -1.89. The lowest BCUT2D eigenvalue weighted by Gasteiger charge is -2.30. The van der Waals surface area contributed by atoms with Gasteiger partial charge in [-0.25, -0.2) is 4.98 Å². The van der Waals surface area contributed by atoms with Gasteiger partial charge in [-0.3, -0.25) is 14.6 Å². The number of nitrogens with zero attached hydrogens (tertiary/aromatic N) is 3. The first-order valence-corrected chi connectivity index (χ1v) is 10.3. The van der Waals surface area contributed by atoms with E-state index in [1.807, 2.05) is 11.8 Å². The van der Waals surface area contributed by atoms with Crippen LogP contribution in [0.1, 0.15) is 50.3 Å². The maximum atomic E-state index is 12.9. The Labute approximate surface area is 160 Å². The van der Waals surface area contributed by atoms with Crippen molar-refractivity contribution in [2.75, 3.05) is 31.2 Å². The molecule has 148 valence electrons. The zero-order valence-electron chi connectivity index (χ0n) is 16.4. The predicted octanol–water partition coefficient (Wildman–Crippen LogP) is 1.64. The number of aromatic nitrogens is 2. The van der Waals surface area contributed by atoms with Crippen LogP contribution in [-0.4, -0.2) is 59.2 Å². The molecule has 0 radical (unpaired) electrons. The van der Waals surface area contributed by atoms with Gasteiger partial charge in [-0.2, -0.15) is 0 Å². The summed E-state index contributed by atoms with van der Waals surface area (Å²) < 4.78 is 5.35. The summed E-state index contributed by atoms with van der Waals surface area (Å²) in [6, 6.07) is 0.764. The van der Waals surface area contributed by atoms with Gasteiger partial charge >= 0.3 is 0 Å². The van der Waals surface area contributed by atoms with E-state index < -0.39 is 0 Å². The molecule has 1 saturated heterocycles. The Bertz CT molecular complexity index is 748. The van der Waals surface area contributed by atoms with Crippen LogP contribution in [0.4, 0.5) is 5.95 Å². The van der Waals surface area contributed by atoms with E-state index in [0.717, 1.165) is 31.6 Å². The number of H-pyrrole nitrogens is 1. The van der Waals surface area contributed by atoms with Gasteiger partial charge in [-0.15, -0.1) is 0 Å². The summed E-state index contributed by atoms with van der Waals surface area (Å²) in [5.74, 6) is 1.47. The number of anilines is 1. The van der Waals surface area contributed by atoms with Gasteiger partial charge in [0.25, 0.3) is 5.56 Å². The normalized spacial score (nSPS) is 21.2. The molecule has 1 aromatic rings. The summed E-state index contributed by atoms with van der Waals surface area (Å²) in [4.78, 5) is 37.1. The van der Waals surface area contributed by atoms with Gasteiger partial charge in [0.1, 0.15) is 0 Å². The van der Waals surface area contributed by atoms with Crippen molar-refractivity contribution in [3.8, 4) is 0 Å². The molecule has 1 aromatic heterocycles. The molecule has 1 aliphatic heterocycles. The van der Waals surface area contributed by atoms with Gasteiger partial charge in [-0.05, 0) is 51.9 Å². The Kier molecular flexibility index (Phi) is 5.21. The minimum atomic E-state index is -0.120. The Morgan fingerprint density at radius 1 is 1.30 bits per heavy atom. The van der Waals surface area contributed by atoms with E-state index in [9.17, 15) is 9.59 Å². The van der Waals surface area contributed by atoms with Crippen molar-refractivity contribution in [2.24, 2.45) is 5.92 Å². The number of carbonyl (C=O) groups is 1. The maximum Gasteiger partial charge on any atom is 0.255 e. The van der Waals surface area contributed by atoms with Crippen LogP contribution in [0.15, 0.2) is 4.79 Å². The van der Waals surface area contributed by atoms with E-state index in [-0.39, 0.29) is 11.5 Å². The van der Waals surface area contributed by atoms with Crippen LogP contribution in [0.25, 0.3) is 0 Å². The van der Waals surface area contributed by atoms with Crippen LogP contribution >= 0.6 is 0 Å². The molecule has 7 heteroatoms. The number of rotatable bonds is 7. The zero-order chi connectivity index (χ0) is 19.0. The molecule has 1 atom stereocenters. The second kappa shape index (κ2) is 7.62. The molecular weight excluding hydrogens is 344 g/mol. The van der Waals surface area contributed by atoms with Gasteiger partial charge in [0.05, 0.1) is 13.2 Å². The molecule has 3 fully saturated rings. The second-order valence-corrected chi connectivity index (χ2v) is 8.16. The number of amides is 1. The second-order valence-electron chi connectivity index (χ2n) is 8.16. The third-order valence-corrected chi connectivity index (χ3v) is 6.08. The number of nitrogens with one attached hydrogen (secondary N) is 1. The molecule has 4 rings (SSSR count). The van der Waals surface area contributed by atoms with Crippen molar-refractivity contribution in [3.63, 3.8) is 0 Å². The minimum Gasteiger partial charge on any atom is -0.378 e. The van der Waals surface area contributed by atoms with Crippen molar-refractivity contribution in [1.29, 1.82) is 0 Å². The van der Waals surface area contributed by atoms with Gasteiger partial charge in [0.15, 0.2) is 0 Å². The van der Waals surface area contributed by atoms with Crippen LogP contribution in [0.2, 0.25) is 0 Å². The fourth-order valence-electron chi connectivity index (χ4n) is 4.10. The SMILES string of the molecule is Cc1nc(N2CCOCC2)[nH]c(=O)c1CCC(=O)N(C1CC1)C(C)C1CC1. The number of aryl methyl sites for hydroxylation is 1. The van der Waals surface area contributed by atoms with E-state index in [1.54, 1.807) is 0 Å².